The predicted octanol–water partition coefficient (Wildman–Crippen LogP) is 3.98. The summed E-state index contributed by atoms with van der Waals surface area (Å²) in [6.45, 7) is 6.74. The minimum Gasteiger partial charge on any atom is -0.314 e. The Morgan fingerprint density at radius 1 is 1.29 bits per heavy atom. The van der Waals surface area contributed by atoms with Gasteiger partial charge < -0.3 is 5.32 Å². The van der Waals surface area contributed by atoms with E-state index in [9.17, 15) is 17.4 Å². The van der Waals surface area contributed by atoms with Crippen LogP contribution in [0.15, 0.2) is 29.2 Å². The van der Waals surface area contributed by atoms with E-state index in [0.29, 0.717) is 6.42 Å². The summed E-state index contributed by atoms with van der Waals surface area (Å²) in [7, 11) is -1.44. The molecule has 0 spiro atoms. The normalized spacial score (nSPS) is 16.5. The Balaban J connectivity index is 2.74. The van der Waals surface area contributed by atoms with Crippen molar-refractivity contribution in [2.45, 2.75) is 56.0 Å². The highest BCUT2D eigenvalue weighted by molar-refractivity contribution is 7.85. The summed E-state index contributed by atoms with van der Waals surface area (Å²) in [5, 5.41) is 3.09. The molecular weight excluding hydrogens is 299 g/mol. The van der Waals surface area contributed by atoms with E-state index in [0.717, 1.165) is 25.1 Å². The Hall–Kier alpha value is -0.880. The van der Waals surface area contributed by atoms with Crippen molar-refractivity contribution in [3.63, 3.8) is 0 Å². The van der Waals surface area contributed by atoms with Gasteiger partial charge in [0, 0.05) is 16.2 Å². The molecule has 1 aromatic carbocycles. The summed E-state index contributed by atoms with van der Waals surface area (Å²) in [6, 6.07) is 4.97. The van der Waals surface area contributed by atoms with E-state index in [1.54, 1.807) is 6.92 Å². The standard InChI is InChI=1S/C15H22F3NOS/c1-4-8-19-11(2)9-12(3)21(20)14-7-5-6-13(10-14)15(16,17)18/h5-7,10-12,19H,4,8-9H2,1-3H3. The van der Waals surface area contributed by atoms with E-state index in [1.807, 2.05) is 6.92 Å². The highest BCUT2D eigenvalue weighted by Crippen LogP contribution is 2.30. The van der Waals surface area contributed by atoms with Crippen LogP contribution in [0.25, 0.3) is 0 Å². The van der Waals surface area contributed by atoms with Gasteiger partial charge >= 0.3 is 6.18 Å². The van der Waals surface area contributed by atoms with E-state index in [-0.39, 0.29) is 16.2 Å². The molecule has 0 heterocycles. The molecule has 1 aromatic rings. The number of rotatable bonds is 7. The first kappa shape index (κ1) is 18.2. The molecule has 120 valence electrons. The summed E-state index contributed by atoms with van der Waals surface area (Å²) in [4.78, 5) is 0.236. The van der Waals surface area contributed by atoms with Crippen molar-refractivity contribution in [2.75, 3.05) is 6.54 Å². The van der Waals surface area contributed by atoms with Crippen molar-refractivity contribution in [1.82, 2.24) is 5.32 Å². The molecular formula is C15H22F3NOS. The van der Waals surface area contributed by atoms with E-state index in [4.69, 9.17) is 0 Å². The number of alkyl halides is 3. The number of halogens is 3. The van der Waals surface area contributed by atoms with Crippen molar-refractivity contribution in [3.8, 4) is 0 Å². The van der Waals surface area contributed by atoms with Crippen molar-refractivity contribution in [3.05, 3.63) is 29.8 Å². The number of hydrogen-bond acceptors (Lipinski definition) is 2. The Bertz CT molecular complexity index is 476. The Labute approximate surface area is 126 Å². The van der Waals surface area contributed by atoms with Gasteiger partial charge in [-0.25, -0.2) is 0 Å². The summed E-state index contributed by atoms with van der Waals surface area (Å²) in [6.07, 6.45) is -2.74. The van der Waals surface area contributed by atoms with Crippen LogP contribution in [0.2, 0.25) is 0 Å². The van der Waals surface area contributed by atoms with E-state index >= 15 is 0 Å². The molecule has 2 nitrogen and oxygen atoms in total. The number of hydrogen-bond donors (Lipinski definition) is 1. The molecule has 0 fully saturated rings. The van der Waals surface area contributed by atoms with Crippen LogP contribution in [0.5, 0.6) is 0 Å². The second-order valence-corrected chi connectivity index (χ2v) is 7.10. The summed E-state index contributed by atoms with van der Waals surface area (Å²) < 4.78 is 50.4. The molecule has 0 saturated heterocycles. The minimum absolute atomic E-state index is 0.190. The average molecular weight is 321 g/mol. The minimum atomic E-state index is -4.40. The molecule has 1 N–H and O–H groups in total. The van der Waals surface area contributed by atoms with Crippen molar-refractivity contribution >= 4 is 10.8 Å². The quantitative estimate of drug-likeness (QED) is 0.823. The van der Waals surface area contributed by atoms with Gasteiger partial charge in [-0.2, -0.15) is 13.2 Å². The van der Waals surface area contributed by atoms with Crippen LogP contribution in [0, 0.1) is 0 Å². The smallest absolute Gasteiger partial charge is 0.314 e. The van der Waals surface area contributed by atoms with Gasteiger partial charge in [-0.3, -0.25) is 4.21 Å². The molecule has 0 radical (unpaired) electrons. The van der Waals surface area contributed by atoms with Gasteiger partial charge in [0.15, 0.2) is 0 Å². The van der Waals surface area contributed by atoms with E-state index in [2.05, 4.69) is 12.2 Å². The second-order valence-electron chi connectivity index (χ2n) is 5.22. The van der Waals surface area contributed by atoms with Gasteiger partial charge in [-0.1, -0.05) is 19.9 Å². The van der Waals surface area contributed by atoms with Crippen LogP contribution in [-0.2, 0) is 17.0 Å². The molecule has 0 amide bonds. The zero-order valence-electron chi connectivity index (χ0n) is 12.5. The Morgan fingerprint density at radius 2 is 1.95 bits per heavy atom. The van der Waals surface area contributed by atoms with Crippen molar-refractivity contribution in [1.29, 1.82) is 0 Å². The van der Waals surface area contributed by atoms with Crippen LogP contribution in [0.3, 0.4) is 0 Å². The number of nitrogens with one attached hydrogen (secondary N) is 1. The van der Waals surface area contributed by atoms with Crippen LogP contribution in [0.1, 0.15) is 39.2 Å². The predicted molar refractivity (Wildman–Crippen MR) is 79.7 cm³/mol. The molecule has 0 bridgehead atoms. The fraction of sp³-hybridized carbons (Fsp3) is 0.600. The first-order chi connectivity index (χ1) is 9.75. The maximum absolute atomic E-state index is 12.7. The van der Waals surface area contributed by atoms with Crippen LogP contribution < -0.4 is 5.32 Å². The molecule has 6 heteroatoms. The lowest BCUT2D eigenvalue weighted by atomic mass is 10.2. The average Bonchev–Trinajstić information content (AvgIpc) is 2.43. The van der Waals surface area contributed by atoms with Crippen LogP contribution >= 0.6 is 0 Å². The summed E-state index contributed by atoms with van der Waals surface area (Å²) in [5.41, 5.74) is -0.752. The zero-order chi connectivity index (χ0) is 16.0. The molecule has 0 aromatic heterocycles. The largest absolute Gasteiger partial charge is 0.416 e. The molecule has 0 saturated carbocycles. The van der Waals surface area contributed by atoms with Gasteiger partial charge in [0.2, 0.25) is 0 Å². The topological polar surface area (TPSA) is 29.1 Å². The molecule has 1 rings (SSSR count). The maximum Gasteiger partial charge on any atom is 0.416 e. The van der Waals surface area contributed by atoms with Gasteiger partial charge in [-0.05, 0) is 44.5 Å². The summed E-state index contributed by atoms with van der Waals surface area (Å²) >= 11 is 0. The first-order valence-corrected chi connectivity index (χ1v) is 8.28. The van der Waals surface area contributed by atoms with Crippen molar-refractivity contribution in [2.24, 2.45) is 0 Å². The molecule has 0 aliphatic rings. The molecule has 0 aliphatic heterocycles. The van der Waals surface area contributed by atoms with Gasteiger partial charge in [0.25, 0.3) is 0 Å². The zero-order valence-corrected chi connectivity index (χ0v) is 13.4. The summed E-state index contributed by atoms with van der Waals surface area (Å²) in [5.74, 6) is 0. The third-order valence-corrected chi connectivity index (χ3v) is 4.83. The SMILES string of the molecule is CCCNC(C)CC(C)S(=O)c1cccc(C(F)(F)F)c1. The van der Waals surface area contributed by atoms with E-state index < -0.39 is 22.5 Å². The lowest BCUT2D eigenvalue weighted by Crippen LogP contribution is -2.31. The lowest BCUT2D eigenvalue weighted by Gasteiger charge is -2.18. The molecule has 21 heavy (non-hydrogen) atoms. The molecule has 3 unspecified atom stereocenters. The fourth-order valence-corrected chi connectivity index (χ4v) is 3.47. The van der Waals surface area contributed by atoms with Gasteiger partial charge in [0.1, 0.15) is 0 Å². The Kier molecular flexibility index (Phi) is 6.87. The van der Waals surface area contributed by atoms with Gasteiger partial charge in [0.05, 0.1) is 16.4 Å². The number of benzene rings is 1. The van der Waals surface area contributed by atoms with Crippen LogP contribution in [-0.4, -0.2) is 22.0 Å². The van der Waals surface area contributed by atoms with Crippen LogP contribution in [0.4, 0.5) is 13.2 Å². The first-order valence-electron chi connectivity index (χ1n) is 7.07. The second kappa shape index (κ2) is 7.94. The fourth-order valence-electron chi connectivity index (χ4n) is 2.09. The Morgan fingerprint density at radius 3 is 2.52 bits per heavy atom. The molecule has 0 aliphatic carbocycles. The highest BCUT2D eigenvalue weighted by Gasteiger charge is 2.31. The maximum atomic E-state index is 12.7. The van der Waals surface area contributed by atoms with E-state index in [1.165, 1.54) is 12.1 Å². The lowest BCUT2D eigenvalue weighted by molar-refractivity contribution is -0.137. The highest BCUT2D eigenvalue weighted by atomic mass is 32.2. The third kappa shape index (κ3) is 5.79. The third-order valence-electron chi connectivity index (χ3n) is 3.19. The van der Waals surface area contributed by atoms with Gasteiger partial charge in [-0.15, -0.1) is 0 Å². The van der Waals surface area contributed by atoms with Crippen molar-refractivity contribution < 1.29 is 17.4 Å². The molecule has 3 atom stereocenters. The monoisotopic (exact) mass is 321 g/mol.